The molecule has 0 saturated heterocycles. The molecular formula is C17H28N2O3S. The van der Waals surface area contributed by atoms with Crippen molar-refractivity contribution in [2.24, 2.45) is 0 Å². The molecular weight excluding hydrogens is 312 g/mol. The summed E-state index contributed by atoms with van der Waals surface area (Å²) in [5.74, 6) is -0.152. The third-order valence-corrected chi connectivity index (χ3v) is 5.31. The van der Waals surface area contributed by atoms with Crippen molar-refractivity contribution in [1.82, 2.24) is 4.90 Å². The number of nitrogens with zero attached hydrogens (tertiary/aromatic N) is 2. The van der Waals surface area contributed by atoms with Gasteiger partial charge in [-0.3, -0.25) is 9.10 Å². The van der Waals surface area contributed by atoms with Crippen molar-refractivity contribution in [3.8, 4) is 0 Å². The fourth-order valence-electron chi connectivity index (χ4n) is 2.65. The molecule has 130 valence electrons. The SMILES string of the molecule is CC[C@@H](C(=O)N(CC)CC)N(c1ccc(C)c(C)c1)S(C)(=O)=O. The van der Waals surface area contributed by atoms with Gasteiger partial charge in [0.25, 0.3) is 0 Å². The molecule has 6 heteroatoms. The lowest BCUT2D eigenvalue weighted by Gasteiger charge is -2.33. The van der Waals surface area contributed by atoms with Crippen LogP contribution in [-0.4, -0.2) is 44.6 Å². The van der Waals surface area contributed by atoms with E-state index in [0.717, 1.165) is 17.4 Å². The fourth-order valence-corrected chi connectivity index (χ4v) is 3.85. The molecule has 0 spiro atoms. The fraction of sp³-hybridized carbons (Fsp3) is 0.588. The standard InChI is InChI=1S/C17H28N2O3S/c1-7-16(17(20)18(8-2)9-3)19(23(6,21)22)15-11-10-13(4)14(5)12-15/h10-12,16H,7-9H2,1-6H3/t16-/m0/s1. The first-order chi connectivity index (χ1) is 10.7. The Morgan fingerprint density at radius 1 is 1.09 bits per heavy atom. The van der Waals surface area contributed by atoms with Crippen LogP contribution >= 0.6 is 0 Å². The second kappa shape index (κ2) is 7.81. The van der Waals surface area contributed by atoms with Gasteiger partial charge in [-0.2, -0.15) is 0 Å². The van der Waals surface area contributed by atoms with E-state index in [4.69, 9.17) is 0 Å². The van der Waals surface area contributed by atoms with E-state index < -0.39 is 16.1 Å². The Morgan fingerprint density at radius 2 is 1.65 bits per heavy atom. The van der Waals surface area contributed by atoms with Gasteiger partial charge < -0.3 is 4.90 Å². The minimum Gasteiger partial charge on any atom is -0.341 e. The van der Waals surface area contributed by atoms with Gasteiger partial charge in [-0.1, -0.05) is 13.0 Å². The number of carbonyl (C=O) groups excluding carboxylic acids is 1. The average Bonchev–Trinajstić information content (AvgIpc) is 2.47. The minimum atomic E-state index is -3.57. The van der Waals surface area contributed by atoms with Crippen LogP contribution in [0.1, 0.15) is 38.3 Å². The summed E-state index contributed by atoms with van der Waals surface area (Å²) in [6.45, 7) is 10.7. The largest absolute Gasteiger partial charge is 0.341 e. The molecule has 0 saturated carbocycles. The third kappa shape index (κ3) is 4.47. The summed E-state index contributed by atoms with van der Waals surface area (Å²) in [5.41, 5.74) is 2.63. The van der Waals surface area contributed by atoms with Gasteiger partial charge in [0, 0.05) is 13.1 Å². The van der Waals surface area contributed by atoms with E-state index in [1.807, 2.05) is 46.8 Å². The van der Waals surface area contributed by atoms with Gasteiger partial charge in [-0.05, 0) is 57.4 Å². The Balaban J connectivity index is 3.39. The van der Waals surface area contributed by atoms with Crippen LogP contribution in [0.2, 0.25) is 0 Å². The molecule has 1 atom stereocenters. The topological polar surface area (TPSA) is 57.7 Å². The van der Waals surface area contributed by atoms with Crippen LogP contribution in [0, 0.1) is 13.8 Å². The van der Waals surface area contributed by atoms with E-state index in [1.165, 1.54) is 4.31 Å². The monoisotopic (exact) mass is 340 g/mol. The van der Waals surface area contributed by atoms with E-state index >= 15 is 0 Å². The van der Waals surface area contributed by atoms with Gasteiger partial charge in [0.1, 0.15) is 6.04 Å². The predicted octanol–water partition coefficient (Wildman–Crippen LogP) is 2.72. The lowest BCUT2D eigenvalue weighted by atomic mass is 10.1. The number of rotatable bonds is 7. The van der Waals surface area contributed by atoms with Crippen LogP contribution < -0.4 is 4.31 Å². The summed E-state index contributed by atoms with van der Waals surface area (Å²) in [6, 6.07) is 4.76. The molecule has 0 aliphatic carbocycles. The van der Waals surface area contributed by atoms with E-state index in [-0.39, 0.29) is 5.91 Å². The molecule has 5 nitrogen and oxygen atoms in total. The molecule has 0 fully saturated rings. The number of benzene rings is 1. The molecule has 0 heterocycles. The van der Waals surface area contributed by atoms with Crippen molar-refractivity contribution < 1.29 is 13.2 Å². The van der Waals surface area contributed by atoms with Gasteiger partial charge in [-0.25, -0.2) is 8.42 Å². The van der Waals surface area contributed by atoms with E-state index in [0.29, 0.717) is 25.2 Å². The normalized spacial score (nSPS) is 12.8. The maximum atomic E-state index is 12.8. The quantitative estimate of drug-likeness (QED) is 0.767. The number of hydrogen-bond acceptors (Lipinski definition) is 3. The van der Waals surface area contributed by atoms with Gasteiger partial charge in [0.2, 0.25) is 15.9 Å². The Hall–Kier alpha value is -1.56. The second-order valence-corrected chi connectivity index (χ2v) is 7.62. The maximum Gasteiger partial charge on any atom is 0.246 e. The Morgan fingerprint density at radius 3 is 2.04 bits per heavy atom. The van der Waals surface area contributed by atoms with Crippen molar-refractivity contribution in [2.75, 3.05) is 23.7 Å². The first kappa shape index (κ1) is 19.5. The molecule has 0 unspecified atom stereocenters. The number of sulfonamides is 1. The lowest BCUT2D eigenvalue weighted by Crippen LogP contribution is -2.50. The van der Waals surface area contributed by atoms with Gasteiger partial charge in [0.05, 0.1) is 11.9 Å². The molecule has 0 N–H and O–H groups in total. The van der Waals surface area contributed by atoms with Gasteiger partial charge in [0.15, 0.2) is 0 Å². The molecule has 0 bridgehead atoms. The highest BCUT2D eigenvalue weighted by molar-refractivity contribution is 7.92. The number of amides is 1. The Kier molecular flexibility index (Phi) is 6.62. The number of likely N-dealkylation sites (N-methyl/N-ethyl adjacent to an activating group) is 1. The molecule has 23 heavy (non-hydrogen) atoms. The lowest BCUT2D eigenvalue weighted by molar-refractivity contribution is -0.132. The van der Waals surface area contributed by atoms with Gasteiger partial charge >= 0.3 is 0 Å². The number of anilines is 1. The van der Waals surface area contributed by atoms with Gasteiger partial charge in [-0.15, -0.1) is 0 Å². The van der Waals surface area contributed by atoms with Crippen molar-refractivity contribution in [2.45, 2.75) is 47.1 Å². The molecule has 0 aliphatic heterocycles. The zero-order valence-corrected chi connectivity index (χ0v) is 15.8. The van der Waals surface area contributed by atoms with Crippen LogP contribution in [0.5, 0.6) is 0 Å². The molecule has 1 rings (SSSR count). The highest BCUT2D eigenvalue weighted by atomic mass is 32.2. The number of carbonyl (C=O) groups is 1. The summed E-state index contributed by atoms with van der Waals surface area (Å²) in [7, 11) is -3.57. The summed E-state index contributed by atoms with van der Waals surface area (Å²) in [5, 5.41) is 0. The first-order valence-corrected chi connectivity index (χ1v) is 9.87. The first-order valence-electron chi connectivity index (χ1n) is 8.02. The second-order valence-electron chi connectivity index (χ2n) is 5.76. The molecule has 0 radical (unpaired) electrons. The molecule has 1 aromatic carbocycles. The summed E-state index contributed by atoms with van der Waals surface area (Å²) in [4.78, 5) is 14.4. The highest BCUT2D eigenvalue weighted by Gasteiger charge is 2.33. The Labute approximate surface area is 140 Å². The average molecular weight is 340 g/mol. The summed E-state index contributed by atoms with van der Waals surface area (Å²) < 4.78 is 26.0. The van der Waals surface area contributed by atoms with Crippen molar-refractivity contribution in [3.05, 3.63) is 29.3 Å². The third-order valence-electron chi connectivity index (χ3n) is 4.13. The van der Waals surface area contributed by atoms with Crippen LogP contribution in [0.25, 0.3) is 0 Å². The summed E-state index contributed by atoms with van der Waals surface area (Å²) in [6.07, 6.45) is 1.58. The van der Waals surface area contributed by atoms with Crippen molar-refractivity contribution in [1.29, 1.82) is 0 Å². The Bertz CT molecular complexity index is 652. The molecule has 0 aromatic heterocycles. The van der Waals surface area contributed by atoms with Crippen molar-refractivity contribution in [3.63, 3.8) is 0 Å². The molecule has 1 aromatic rings. The number of aryl methyl sites for hydroxylation is 2. The zero-order chi connectivity index (χ0) is 17.8. The highest BCUT2D eigenvalue weighted by Crippen LogP contribution is 2.25. The maximum absolute atomic E-state index is 12.8. The van der Waals surface area contributed by atoms with Crippen LogP contribution in [-0.2, 0) is 14.8 Å². The van der Waals surface area contributed by atoms with Crippen LogP contribution in [0.15, 0.2) is 18.2 Å². The van der Waals surface area contributed by atoms with Crippen molar-refractivity contribution >= 4 is 21.6 Å². The van der Waals surface area contributed by atoms with Crippen LogP contribution in [0.3, 0.4) is 0 Å². The minimum absolute atomic E-state index is 0.152. The molecule has 1 amide bonds. The number of hydrogen-bond donors (Lipinski definition) is 0. The van der Waals surface area contributed by atoms with E-state index in [9.17, 15) is 13.2 Å². The van der Waals surface area contributed by atoms with E-state index in [2.05, 4.69) is 0 Å². The zero-order valence-electron chi connectivity index (χ0n) is 15.0. The summed E-state index contributed by atoms with van der Waals surface area (Å²) >= 11 is 0. The van der Waals surface area contributed by atoms with E-state index in [1.54, 1.807) is 11.0 Å². The van der Waals surface area contributed by atoms with Crippen LogP contribution in [0.4, 0.5) is 5.69 Å². The smallest absolute Gasteiger partial charge is 0.246 e. The predicted molar refractivity (Wildman–Crippen MR) is 95.2 cm³/mol. The molecule has 0 aliphatic rings.